The number of nitrogens with two attached hydrogens (primary N) is 2. The van der Waals surface area contributed by atoms with Crippen LogP contribution in [0.3, 0.4) is 0 Å². The largest absolute Gasteiger partial charge is 0.396 e. The molecule has 0 amide bonds. The molecule has 0 spiro atoms. The molecular weight excluding hydrogens is 278 g/mol. The Bertz CT molecular complexity index is 530. The van der Waals surface area contributed by atoms with Crippen LogP contribution in [-0.2, 0) is 14.8 Å². The molecule has 0 unspecified atom stereocenters. The fourth-order valence-electron chi connectivity index (χ4n) is 1.72. The maximum Gasteiger partial charge on any atom is 0.240 e. The van der Waals surface area contributed by atoms with E-state index in [0.717, 1.165) is 12.8 Å². The number of unbranched alkanes of at least 4 members (excludes halogenated alkanes) is 1. The predicted octanol–water partition coefficient (Wildman–Crippen LogP) is 1.53. The third-order valence-electron chi connectivity index (χ3n) is 2.71. The van der Waals surface area contributed by atoms with E-state index in [9.17, 15) is 8.42 Å². The Hall–Kier alpha value is -1.31. The van der Waals surface area contributed by atoms with Crippen molar-refractivity contribution in [2.75, 3.05) is 24.2 Å². The van der Waals surface area contributed by atoms with Crippen LogP contribution >= 0.6 is 0 Å². The highest BCUT2D eigenvalue weighted by molar-refractivity contribution is 7.89. The van der Waals surface area contributed by atoms with E-state index < -0.39 is 10.0 Å². The number of hydrogen-bond donors (Lipinski definition) is 3. The molecule has 6 nitrogen and oxygen atoms in total. The minimum absolute atomic E-state index is 0.0503. The molecule has 0 atom stereocenters. The standard InChI is InChI=1S/C13H23N3O3S/c1-10(2)19-9-4-3-8-16-11-6-5-7-12(13(11)14)20(15,17)18/h5-7,10,16H,3-4,8-9,14H2,1-2H3,(H2,15,17,18). The Balaban J connectivity index is 2.49. The van der Waals surface area contributed by atoms with Gasteiger partial charge in [0.25, 0.3) is 0 Å². The van der Waals surface area contributed by atoms with Gasteiger partial charge in [0.15, 0.2) is 0 Å². The normalized spacial score (nSPS) is 11.8. The molecular formula is C13H23N3O3S. The van der Waals surface area contributed by atoms with Gasteiger partial charge in [-0.25, -0.2) is 13.6 Å². The molecule has 1 aromatic rings. The van der Waals surface area contributed by atoms with E-state index in [1.165, 1.54) is 6.07 Å². The van der Waals surface area contributed by atoms with Gasteiger partial charge in [-0.05, 0) is 38.8 Å². The first-order chi connectivity index (χ1) is 9.32. The lowest BCUT2D eigenvalue weighted by Gasteiger charge is -2.12. The number of benzene rings is 1. The van der Waals surface area contributed by atoms with E-state index in [-0.39, 0.29) is 16.7 Å². The highest BCUT2D eigenvalue weighted by Gasteiger charge is 2.14. The zero-order chi connectivity index (χ0) is 15.2. The first kappa shape index (κ1) is 16.7. The molecule has 1 rings (SSSR count). The zero-order valence-electron chi connectivity index (χ0n) is 11.9. The van der Waals surface area contributed by atoms with Crippen LogP contribution in [0.25, 0.3) is 0 Å². The van der Waals surface area contributed by atoms with Crippen molar-refractivity contribution in [3.05, 3.63) is 18.2 Å². The second-order valence-corrected chi connectivity index (χ2v) is 6.35. The second kappa shape index (κ2) is 7.47. The molecule has 114 valence electrons. The van der Waals surface area contributed by atoms with Gasteiger partial charge in [0.1, 0.15) is 4.90 Å². The molecule has 0 aliphatic rings. The summed E-state index contributed by atoms with van der Waals surface area (Å²) in [5.41, 5.74) is 6.55. The number of para-hydroxylation sites is 1. The molecule has 20 heavy (non-hydrogen) atoms. The van der Waals surface area contributed by atoms with Gasteiger partial charge in [-0.2, -0.15) is 0 Å². The van der Waals surface area contributed by atoms with Crippen LogP contribution in [0.2, 0.25) is 0 Å². The minimum Gasteiger partial charge on any atom is -0.396 e. The van der Waals surface area contributed by atoms with Crippen LogP contribution in [0.1, 0.15) is 26.7 Å². The van der Waals surface area contributed by atoms with Crippen LogP contribution in [-0.4, -0.2) is 27.7 Å². The van der Waals surface area contributed by atoms with Crippen LogP contribution in [0, 0.1) is 0 Å². The summed E-state index contributed by atoms with van der Waals surface area (Å²) >= 11 is 0. The molecule has 0 aliphatic heterocycles. The first-order valence-corrected chi connectivity index (χ1v) is 8.13. The van der Waals surface area contributed by atoms with E-state index >= 15 is 0 Å². The van der Waals surface area contributed by atoms with E-state index in [1.807, 2.05) is 13.8 Å². The van der Waals surface area contributed by atoms with Gasteiger partial charge >= 0.3 is 0 Å². The van der Waals surface area contributed by atoms with Crippen molar-refractivity contribution < 1.29 is 13.2 Å². The number of nitrogens with one attached hydrogen (secondary N) is 1. The van der Waals surface area contributed by atoms with Crippen LogP contribution in [0.5, 0.6) is 0 Å². The van der Waals surface area contributed by atoms with Crippen molar-refractivity contribution in [1.29, 1.82) is 0 Å². The average Bonchev–Trinajstić information content (AvgIpc) is 2.33. The third-order valence-corrected chi connectivity index (χ3v) is 3.68. The Morgan fingerprint density at radius 3 is 2.60 bits per heavy atom. The Morgan fingerprint density at radius 2 is 2.00 bits per heavy atom. The highest BCUT2D eigenvalue weighted by Crippen LogP contribution is 2.25. The lowest BCUT2D eigenvalue weighted by molar-refractivity contribution is 0.0765. The summed E-state index contributed by atoms with van der Waals surface area (Å²) in [5.74, 6) is 0. The van der Waals surface area contributed by atoms with Gasteiger partial charge in [0.05, 0.1) is 17.5 Å². The van der Waals surface area contributed by atoms with Gasteiger partial charge < -0.3 is 15.8 Å². The van der Waals surface area contributed by atoms with Crippen LogP contribution in [0.4, 0.5) is 11.4 Å². The Kier molecular flexibility index (Phi) is 6.25. The maximum absolute atomic E-state index is 11.3. The molecule has 0 aromatic heterocycles. The van der Waals surface area contributed by atoms with Gasteiger partial charge in [-0.3, -0.25) is 0 Å². The summed E-state index contributed by atoms with van der Waals surface area (Å²) in [6.07, 6.45) is 2.08. The summed E-state index contributed by atoms with van der Waals surface area (Å²) in [4.78, 5) is -0.0503. The third kappa shape index (κ3) is 5.36. The van der Waals surface area contributed by atoms with E-state index in [2.05, 4.69) is 5.32 Å². The SMILES string of the molecule is CC(C)OCCCCNc1cccc(S(N)(=O)=O)c1N. The molecule has 0 heterocycles. The fraction of sp³-hybridized carbons (Fsp3) is 0.538. The molecule has 0 bridgehead atoms. The number of primary sulfonamides is 1. The van der Waals surface area contributed by atoms with E-state index in [4.69, 9.17) is 15.6 Å². The summed E-state index contributed by atoms with van der Waals surface area (Å²) in [6.45, 7) is 5.40. The Labute approximate surface area is 120 Å². The summed E-state index contributed by atoms with van der Waals surface area (Å²) < 4.78 is 28.1. The maximum atomic E-state index is 11.3. The Morgan fingerprint density at radius 1 is 1.30 bits per heavy atom. The minimum atomic E-state index is -3.79. The number of ether oxygens (including phenoxy) is 1. The molecule has 0 saturated carbocycles. The molecule has 0 fully saturated rings. The number of anilines is 2. The summed E-state index contributed by atoms with van der Waals surface area (Å²) in [5, 5.41) is 8.21. The number of nitrogen functional groups attached to an aromatic ring is 1. The highest BCUT2D eigenvalue weighted by atomic mass is 32.2. The fourth-order valence-corrected chi connectivity index (χ4v) is 2.40. The molecule has 0 aliphatic carbocycles. The molecule has 0 saturated heterocycles. The lowest BCUT2D eigenvalue weighted by Crippen LogP contribution is -2.15. The average molecular weight is 301 g/mol. The number of rotatable bonds is 8. The zero-order valence-corrected chi connectivity index (χ0v) is 12.7. The monoisotopic (exact) mass is 301 g/mol. The van der Waals surface area contributed by atoms with Gasteiger partial charge in [-0.1, -0.05) is 6.07 Å². The van der Waals surface area contributed by atoms with Crippen molar-refractivity contribution in [2.24, 2.45) is 5.14 Å². The second-order valence-electron chi connectivity index (χ2n) is 4.82. The predicted molar refractivity (Wildman–Crippen MR) is 81.0 cm³/mol. The van der Waals surface area contributed by atoms with Gasteiger partial charge in [0, 0.05) is 13.2 Å². The van der Waals surface area contributed by atoms with Crippen molar-refractivity contribution in [2.45, 2.75) is 37.7 Å². The number of sulfonamides is 1. The van der Waals surface area contributed by atoms with Crippen LogP contribution < -0.4 is 16.2 Å². The van der Waals surface area contributed by atoms with Gasteiger partial charge in [-0.15, -0.1) is 0 Å². The summed E-state index contributed by atoms with van der Waals surface area (Å²) in [6, 6.07) is 4.74. The van der Waals surface area contributed by atoms with Crippen molar-refractivity contribution >= 4 is 21.4 Å². The van der Waals surface area contributed by atoms with Crippen molar-refractivity contribution in [1.82, 2.24) is 0 Å². The van der Waals surface area contributed by atoms with Gasteiger partial charge in [0.2, 0.25) is 10.0 Å². The van der Waals surface area contributed by atoms with Crippen LogP contribution in [0.15, 0.2) is 23.1 Å². The van der Waals surface area contributed by atoms with E-state index in [0.29, 0.717) is 18.8 Å². The summed E-state index contributed by atoms with van der Waals surface area (Å²) in [7, 11) is -3.79. The number of hydrogen-bond acceptors (Lipinski definition) is 5. The topological polar surface area (TPSA) is 107 Å². The van der Waals surface area contributed by atoms with Crippen molar-refractivity contribution in [3.63, 3.8) is 0 Å². The molecule has 5 N–H and O–H groups in total. The quantitative estimate of drug-likeness (QED) is 0.498. The van der Waals surface area contributed by atoms with E-state index in [1.54, 1.807) is 12.1 Å². The first-order valence-electron chi connectivity index (χ1n) is 6.59. The van der Waals surface area contributed by atoms with Crippen molar-refractivity contribution in [3.8, 4) is 0 Å². The smallest absolute Gasteiger partial charge is 0.240 e. The molecule has 1 aromatic carbocycles. The molecule has 0 radical (unpaired) electrons. The lowest BCUT2D eigenvalue weighted by atomic mass is 10.2. The molecule has 7 heteroatoms.